The lowest BCUT2D eigenvalue weighted by Crippen LogP contribution is -2.07. The number of benzene rings is 2. The Morgan fingerprint density at radius 1 is 0.958 bits per heavy atom. The van der Waals surface area contributed by atoms with Crippen LogP contribution < -0.4 is 5.73 Å². The number of H-pyrrole nitrogens is 1. The molecule has 118 valence electrons. The highest BCUT2D eigenvalue weighted by Crippen LogP contribution is 2.43. The zero-order chi connectivity index (χ0) is 15.4. The van der Waals surface area contributed by atoms with E-state index in [4.69, 9.17) is 5.73 Å². The second-order valence-corrected chi connectivity index (χ2v) is 5.85. The van der Waals surface area contributed by atoms with Crippen LogP contribution in [0.1, 0.15) is 17.2 Å². The van der Waals surface area contributed by atoms with Gasteiger partial charge in [-0.3, -0.25) is 4.98 Å². The Bertz CT molecular complexity index is 1020. The molecule has 1 unspecified atom stereocenters. The van der Waals surface area contributed by atoms with Crippen molar-refractivity contribution in [1.82, 2.24) is 15.0 Å². The van der Waals surface area contributed by atoms with Gasteiger partial charge in [0.2, 0.25) is 0 Å². The number of nitrogens with zero attached hydrogens (tertiary/aromatic N) is 2. The van der Waals surface area contributed by atoms with E-state index in [-0.39, 0.29) is 18.4 Å². The van der Waals surface area contributed by atoms with Crippen molar-refractivity contribution >= 4 is 23.4 Å². The van der Waals surface area contributed by atoms with Gasteiger partial charge in [0, 0.05) is 11.8 Å². The molecule has 3 N–H and O–H groups in total. The first-order valence-corrected chi connectivity index (χ1v) is 7.60. The largest absolute Gasteiger partial charge is 0.337 e. The molecule has 0 saturated heterocycles. The molecule has 4 aromatic rings. The third-order valence-electron chi connectivity index (χ3n) is 4.53. The van der Waals surface area contributed by atoms with Gasteiger partial charge in [-0.15, -0.1) is 12.4 Å². The average molecular weight is 335 g/mol. The Balaban J connectivity index is 0.00000146. The molecule has 2 aromatic carbocycles. The molecule has 0 radical (unpaired) electrons. The topological polar surface area (TPSA) is 67.6 Å². The highest BCUT2D eigenvalue weighted by Gasteiger charge is 2.25. The number of aromatic amines is 1. The summed E-state index contributed by atoms with van der Waals surface area (Å²) >= 11 is 0. The first kappa shape index (κ1) is 14.9. The molecule has 5 rings (SSSR count). The van der Waals surface area contributed by atoms with Gasteiger partial charge in [0.1, 0.15) is 5.82 Å². The third-order valence-corrected chi connectivity index (χ3v) is 4.53. The van der Waals surface area contributed by atoms with Crippen molar-refractivity contribution in [1.29, 1.82) is 0 Å². The molecule has 0 amide bonds. The van der Waals surface area contributed by atoms with E-state index in [0.29, 0.717) is 0 Å². The zero-order valence-electron chi connectivity index (χ0n) is 12.7. The predicted octanol–water partition coefficient (Wildman–Crippen LogP) is 4.08. The minimum Gasteiger partial charge on any atom is -0.337 e. The molecular weight excluding hydrogens is 320 g/mol. The van der Waals surface area contributed by atoms with E-state index in [1.165, 1.54) is 22.3 Å². The summed E-state index contributed by atoms with van der Waals surface area (Å²) in [5.41, 5.74) is 14.1. The number of hydrogen-bond acceptors (Lipinski definition) is 3. The fourth-order valence-corrected chi connectivity index (χ4v) is 3.38. The summed E-state index contributed by atoms with van der Waals surface area (Å²) in [5.74, 6) is 0.855. The lowest BCUT2D eigenvalue weighted by molar-refractivity contribution is 0.901. The van der Waals surface area contributed by atoms with Crippen molar-refractivity contribution in [3.63, 3.8) is 0 Å². The lowest BCUT2D eigenvalue weighted by Gasteiger charge is -2.06. The highest BCUT2D eigenvalue weighted by atomic mass is 35.5. The van der Waals surface area contributed by atoms with E-state index < -0.39 is 0 Å². The Morgan fingerprint density at radius 2 is 1.79 bits per heavy atom. The summed E-state index contributed by atoms with van der Waals surface area (Å²) in [6.45, 7) is 0. The van der Waals surface area contributed by atoms with Gasteiger partial charge in [-0.2, -0.15) is 0 Å². The summed E-state index contributed by atoms with van der Waals surface area (Å²) in [6.07, 6.45) is 3.55. The van der Waals surface area contributed by atoms with Crippen molar-refractivity contribution in [2.75, 3.05) is 0 Å². The number of imidazole rings is 1. The van der Waals surface area contributed by atoms with E-state index in [1.54, 1.807) is 12.4 Å². The molecule has 4 nitrogen and oxygen atoms in total. The molecule has 1 aliphatic carbocycles. The van der Waals surface area contributed by atoms with Gasteiger partial charge in [-0.05, 0) is 34.4 Å². The van der Waals surface area contributed by atoms with Gasteiger partial charge in [0.05, 0.1) is 23.3 Å². The van der Waals surface area contributed by atoms with Gasteiger partial charge in [0.25, 0.3) is 0 Å². The number of nitrogens with one attached hydrogen (secondary N) is 1. The molecule has 0 fully saturated rings. The van der Waals surface area contributed by atoms with Crippen LogP contribution in [0.15, 0.2) is 60.9 Å². The zero-order valence-corrected chi connectivity index (χ0v) is 13.5. The van der Waals surface area contributed by atoms with Gasteiger partial charge in [-0.25, -0.2) is 4.98 Å². The number of pyridine rings is 1. The van der Waals surface area contributed by atoms with E-state index in [0.717, 1.165) is 22.4 Å². The molecule has 0 spiro atoms. The first-order valence-electron chi connectivity index (χ1n) is 7.60. The molecule has 24 heavy (non-hydrogen) atoms. The van der Waals surface area contributed by atoms with Crippen LogP contribution in [-0.4, -0.2) is 15.0 Å². The molecule has 1 aliphatic rings. The second kappa shape index (κ2) is 5.44. The van der Waals surface area contributed by atoms with Crippen LogP contribution >= 0.6 is 12.4 Å². The minimum absolute atomic E-state index is 0. The van der Waals surface area contributed by atoms with E-state index in [1.807, 2.05) is 12.1 Å². The highest BCUT2D eigenvalue weighted by molar-refractivity contribution is 5.85. The van der Waals surface area contributed by atoms with Crippen molar-refractivity contribution < 1.29 is 0 Å². The second-order valence-electron chi connectivity index (χ2n) is 5.85. The Kier molecular flexibility index (Phi) is 3.37. The fourth-order valence-electron chi connectivity index (χ4n) is 3.38. The molecule has 0 bridgehead atoms. The van der Waals surface area contributed by atoms with Crippen LogP contribution in [-0.2, 0) is 0 Å². The first-order chi connectivity index (χ1) is 11.3. The normalized spacial score (nSPS) is 15.0. The van der Waals surface area contributed by atoms with E-state index >= 15 is 0 Å². The van der Waals surface area contributed by atoms with Crippen LogP contribution in [0.4, 0.5) is 0 Å². The quantitative estimate of drug-likeness (QED) is 0.551. The van der Waals surface area contributed by atoms with Gasteiger partial charge in [-0.1, -0.05) is 36.4 Å². The molecule has 0 saturated carbocycles. The monoisotopic (exact) mass is 334 g/mol. The summed E-state index contributed by atoms with van der Waals surface area (Å²) in [6, 6.07) is 16.6. The Hall–Kier alpha value is -2.69. The lowest BCUT2D eigenvalue weighted by atomic mass is 10.0. The standard InChI is InChI=1S/C19H14N4.ClH/c20-18-13-4-2-1-3-12(13)15-9-11(5-6-14(15)18)19-22-16-7-8-21-10-17(16)23-19;/h1-10,18H,20H2,(H,22,23);1H. The minimum atomic E-state index is -0.0462. The summed E-state index contributed by atoms with van der Waals surface area (Å²) in [5, 5.41) is 0. The van der Waals surface area contributed by atoms with Crippen molar-refractivity contribution in [3.8, 4) is 22.5 Å². The number of nitrogens with two attached hydrogens (primary N) is 1. The summed E-state index contributed by atoms with van der Waals surface area (Å²) in [7, 11) is 0. The maximum absolute atomic E-state index is 6.38. The molecule has 5 heteroatoms. The number of rotatable bonds is 1. The smallest absolute Gasteiger partial charge is 0.138 e. The van der Waals surface area contributed by atoms with Crippen LogP contribution in [0, 0.1) is 0 Å². The van der Waals surface area contributed by atoms with Gasteiger partial charge >= 0.3 is 0 Å². The Morgan fingerprint density at radius 3 is 2.67 bits per heavy atom. The van der Waals surface area contributed by atoms with Crippen molar-refractivity contribution in [2.24, 2.45) is 5.73 Å². The van der Waals surface area contributed by atoms with Gasteiger partial charge in [0.15, 0.2) is 0 Å². The predicted molar refractivity (Wildman–Crippen MR) is 98.0 cm³/mol. The number of fused-ring (bicyclic) bond motifs is 4. The average Bonchev–Trinajstić information content (AvgIpc) is 3.15. The maximum atomic E-state index is 6.38. The van der Waals surface area contributed by atoms with Gasteiger partial charge < -0.3 is 10.7 Å². The number of aromatic nitrogens is 3. The fraction of sp³-hybridized carbons (Fsp3) is 0.0526. The van der Waals surface area contributed by atoms with Crippen LogP contribution in [0.3, 0.4) is 0 Å². The van der Waals surface area contributed by atoms with Crippen LogP contribution in [0.2, 0.25) is 0 Å². The van der Waals surface area contributed by atoms with Crippen LogP contribution in [0.25, 0.3) is 33.5 Å². The number of halogens is 1. The molecule has 0 aliphatic heterocycles. The molecule has 2 aromatic heterocycles. The molecule has 2 heterocycles. The van der Waals surface area contributed by atoms with E-state index in [9.17, 15) is 0 Å². The third kappa shape index (κ3) is 2.04. The summed E-state index contributed by atoms with van der Waals surface area (Å²) < 4.78 is 0. The van der Waals surface area contributed by atoms with Crippen LogP contribution in [0.5, 0.6) is 0 Å². The SMILES string of the molecule is Cl.NC1c2ccccc2-c2cc(-c3nc4ccncc4[nH]3)ccc21. The molecule has 1 atom stereocenters. The van der Waals surface area contributed by atoms with Crippen molar-refractivity contribution in [3.05, 3.63) is 72.1 Å². The maximum Gasteiger partial charge on any atom is 0.138 e. The van der Waals surface area contributed by atoms with Crippen molar-refractivity contribution in [2.45, 2.75) is 6.04 Å². The Labute approximate surface area is 145 Å². The van der Waals surface area contributed by atoms with E-state index in [2.05, 4.69) is 51.4 Å². The summed E-state index contributed by atoms with van der Waals surface area (Å²) in [4.78, 5) is 12.1. The number of hydrogen-bond donors (Lipinski definition) is 2. The molecular formula is C19H15ClN4.